The Labute approximate surface area is 142 Å². The lowest BCUT2D eigenvalue weighted by molar-refractivity contribution is 0.0992. The zero-order valence-electron chi connectivity index (χ0n) is 14.1. The van der Waals surface area contributed by atoms with Crippen LogP contribution >= 0.6 is 0 Å². The van der Waals surface area contributed by atoms with Gasteiger partial charge in [-0.05, 0) is 30.3 Å². The van der Waals surface area contributed by atoms with Gasteiger partial charge in [0.1, 0.15) is 10.6 Å². The predicted molar refractivity (Wildman–Crippen MR) is 93.0 cm³/mol. The number of nitrogens with zero attached hydrogens (tertiary/aromatic N) is 2. The topological polar surface area (TPSA) is 66.9 Å². The lowest BCUT2D eigenvalue weighted by atomic mass is 10.2. The Morgan fingerprint density at radius 3 is 2.17 bits per heavy atom. The van der Waals surface area contributed by atoms with Crippen molar-refractivity contribution < 1.29 is 17.9 Å². The smallest absolute Gasteiger partial charge is 0.258 e. The largest absolute Gasteiger partial charge is 0.495 e. The lowest BCUT2D eigenvalue weighted by Gasteiger charge is -2.19. The van der Waals surface area contributed by atoms with E-state index in [9.17, 15) is 13.2 Å². The van der Waals surface area contributed by atoms with Gasteiger partial charge in [-0.25, -0.2) is 12.7 Å². The second kappa shape index (κ2) is 7.02. The molecule has 0 atom stereocenters. The SMILES string of the molecule is COc1ccc(C(=O)N(C)c2ccccc2)cc1S(=O)(=O)N(C)C. The van der Waals surface area contributed by atoms with Crippen molar-refractivity contribution in [3.8, 4) is 5.75 Å². The van der Waals surface area contributed by atoms with Crippen LogP contribution in [0.5, 0.6) is 5.75 Å². The summed E-state index contributed by atoms with van der Waals surface area (Å²) >= 11 is 0. The van der Waals surface area contributed by atoms with Gasteiger partial charge in [0.05, 0.1) is 7.11 Å². The number of amides is 1. The van der Waals surface area contributed by atoms with Crippen molar-refractivity contribution in [1.82, 2.24) is 4.31 Å². The van der Waals surface area contributed by atoms with Crippen LogP contribution in [-0.4, -0.2) is 46.9 Å². The number of benzene rings is 2. The maximum Gasteiger partial charge on any atom is 0.258 e. The summed E-state index contributed by atoms with van der Waals surface area (Å²) in [7, 11) is 2.16. The third kappa shape index (κ3) is 3.42. The van der Waals surface area contributed by atoms with Crippen LogP contribution in [0, 0.1) is 0 Å². The molecule has 0 bridgehead atoms. The van der Waals surface area contributed by atoms with Crippen LogP contribution in [0.15, 0.2) is 53.4 Å². The van der Waals surface area contributed by atoms with Crippen LogP contribution in [-0.2, 0) is 10.0 Å². The molecule has 0 saturated heterocycles. The number of methoxy groups -OCH3 is 1. The first-order valence-electron chi connectivity index (χ1n) is 7.22. The van der Waals surface area contributed by atoms with Gasteiger partial charge < -0.3 is 9.64 Å². The Balaban J connectivity index is 2.47. The molecule has 2 rings (SSSR count). The van der Waals surface area contributed by atoms with Crippen molar-refractivity contribution in [2.75, 3.05) is 33.2 Å². The van der Waals surface area contributed by atoms with E-state index < -0.39 is 10.0 Å². The number of para-hydroxylation sites is 1. The number of ether oxygens (including phenoxy) is 1. The molecule has 0 radical (unpaired) electrons. The molecule has 1 amide bonds. The first-order valence-corrected chi connectivity index (χ1v) is 8.66. The normalized spacial score (nSPS) is 11.4. The van der Waals surface area contributed by atoms with Gasteiger partial charge in [0, 0.05) is 32.4 Å². The van der Waals surface area contributed by atoms with Crippen molar-refractivity contribution in [3.63, 3.8) is 0 Å². The number of hydrogen-bond donors (Lipinski definition) is 0. The van der Waals surface area contributed by atoms with Crippen LogP contribution in [0.25, 0.3) is 0 Å². The Hall–Kier alpha value is -2.38. The Morgan fingerprint density at radius 1 is 1.00 bits per heavy atom. The van der Waals surface area contributed by atoms with E-state index in [1.807, 2.05) is 18.2 Å². The van der Waals surface area contributed by atoms with Crippen LogP contribution in [0.1, 0.15) is 10.4 Å². The molecule has 0 aliphatic rings. The number of carbonyl (C=O) groups is 1. The molecule has 0 fully saturated rings. The molecule has 0 spiro atoms. The Bertz CT molecular complexity index is 833. The average Bonchev–Trinajstić information content (AvgIpc) is 2.60. The summed E-state index contributed by atoms with van der Waals surface area (Å²) in [6, 6.07) is 13.5. The highest BCUT2D eigenvalue weighted by molar-refractivity contribution is 7.89. The molecule has 0 aromatic heterocycles. The first kappa shape index (κ1) is 18.0. The number of sulfonamides is 1. The minimum atomic E-state index is -3.73. The van der Waals surface area contributed by atoms with E-state index in [2.05, 4.69) is 0 Å². The van der Waals surface area contributed by atoms with Gasteiger partial charge in [0.2, 0.25) is 10.0 Å². The maximum absolute atomic E-state index is 12.7. The Kier molecular flexibility index (Phi) is 5.26. The van der Waals surface area contributed by atoms with E-state index >= 15 is 0 Å². The molecule has 0 N–H and O–H groups in total. The fraction of sp³-hybridized carbons (Fsp3) is 0.235. The second-order valence-corrected chi connectivity index (χ2v) is 7.47. The molecule has 2 aromatic carbocycles. The number of carbonyl (C=O) groups excluding carboxylic acids is 1. The van der Waals surface area contributed by atoms with Gasteiger partial charge in [0.25, 0.3) is 5.91 Å². The van der Waals surface area contributed by atoms with E-state index in [0.717, 1.165) is 9.99 Å². The molecular weight excluding hydrogens is 328 g/mol. The van der Waals surface area contributed by atoms with Crippen molar-refractivity contribution >= 4 is 21.6 Å². The molecular formula is C17H20N2O4S. The summed E-state index contributed by atoms with van der Waals surface area (Å²) in [5.74, 6) is -0.110. The summed E-state index contributed by atoms with van der Waals surface area (Å²) < 4.78 is 31.1. The highest BCUT2D eigenvalue weighted by Gasteiger charge is 2.24. The zero-order valence-corrected chi connectivity index (χ0v) is 14.9. The first-order chi connectivity index (χ1) is 11.3. The minimum Gasteiger partial charge on any atom is -0.495 e. The number of hydrogen-bond acceptors (Lipinski definition) is 4. The van der Waals surface area contributed by atoms with E-state index in [1.165, 1.54) is 38.2 Å². The maximum atomic E-state index is 12.7. The molecule has 7 heteroatoms. The highest BCUT2D eigenvalue weighted by Crippen LogP contribution is 2.27. The molecule has 0 aliphatic heterocycles. The van der Waals surface area contributed by atoms with Gasteiger partial charge in [-0.1, -0.05) is 18.2 Å². The third-order valence-electron chi connectivity index (χ3n) is 3.62. The molecule has 24 heavy (non-hydrogen) atoms. The van der Waals surface area contributed by atoms with Crippen LogP contribution < -0.4 is 9.64 Å². The van der Waals surface area contributed by atoms with Gasteiger partial charge in [0.15, 0.2) is 0 Å². The molecule has 0 unspecified atom stereocenters. The van der Waals surface area contributed by atoms with E-state index in [4.69, 9.17) is 4.74 Å². The highest BCUT2D eigenvalue weighted by atomic mass is 32.2. The van der Waals surface area contributed by atoms with E-state index in [0.29, 0.717) is 0 Å². The fourth-order valence-corrected chi connectivity index (χ4v) is 3.25. The van der Waals surface area contributed by atoms with Crippen molar-refractivity contribution in [1.29, 1.82) is 0 Å². The zero-order chi connectivity index (χ0) is 17.9. The third-order valence-corrected chi connectivity index (χ3v) is 5.45. The van der Waals surface area contributed by atoms with Gasteiger partial charge >= 0.3 is 0 Å². The summed E-state index contributed by atoms with van der Waals surface area (Å²) in [5, 5.41) is 0. The Morgan fingerprint density at radius 2 is 1.62 bits per heavy atom. The predicted octanol–water partition coefficient (Wildman–Crippen LogP) is 2.22. The fourth-order valence-electron chi connectivity index (χ4n) is 2.17. The van der Waals surface area contributed by atoms with Crippen molar-refractivity contribution in [2.24, 2.45) is 0 Å². The standard InChI is InChI=1S/C17H20N2O4S/c1-18(2)24(21,22)16-12-13(10-11-15(16)23-4)17(20)19(3)14-8-6-5-7-9-14/h5-12H,1-4H3. The number of anilines is 1. The van der Waals surface area contributed by atoms with Crippen molar-refractivity contribution in [3.05, 3.63) is 54.1 Å². The van der Waals surface area contributed by atoms with Crippen molar-refractivity contribution in [2.45, 2.75) is 4.90 Å². The quantitative estimate of drug-likeness (QED) is 0.831. The van der Waals surface area contributed by atoms with Crippen LogP contribution in [0.2, 0.25) is 0 Å². The average molecular weight is 348 g/mol. The van der Waals surface area contributed by atoms with Gasteiger partial charge in [-0.3, -0.25) is 4.79 Å². The summed E-state index contributed by atoms with van der Waals surface area (Å²) in [5.41, 5.74) is 0.984. The molecule has 0 saturated carbocycles. The van der Waals surface area contributed by atoms with Crippen LogP contribution in [0.3, 0.4) is 0 Å². The monoisotopic (exact) mass is 348 g/mol. The van der Waals surface area contributed by atoms with Gasteiger partial charge in [-0.2, -0.15) is 0 Å². The van der Waals surface area contributed by atoms with E-state index in [-0.39, 0.29) is 22.1 Å². The molecule has 2 aromatic rings. The lowest BCUT2D eigenvalue weighted by Crippen LogP contribution is -2.27. The minimum absolute atomic E-state index is 0.0395. The summed E-state index contributed by atoms with van der Waals surface area (Å²) in [6.07, 6.45) is 0. The molecule has 128 valence electrons. The van der Waals surface area contributed by atoms with Crippen LogP contribution in [0.4, 0.5) is 5.69 Å². The second-order valence-electron chi connectivity index (χ2n) is 5.35. The molecule has 6 nitrogen and oxygen atoms in total. The summed E-state index contributed by atoms with van der Waals surface area (Å²) in [6.45, 7) is 0. The molecule has 0 aliphatic carbocycles. The summed E-state index contributed by atoms with van der Waals surface area (Å²) in [4.78, 5) is 14.1. The van der Waals surface area contributed by atoms with E-state index in [1.54, 1.807) is 25.2 Å². The molecule has 0 heterocycles. The van der Waals surface area contributed by atoms with Gasteiger partial charge in [-0.15, -0.1) is 0 Å². The number of rotatable bonds is 5.